The van der Waals surface area contributed by atoms with Crippen LogP contribution in [0.5, 0.6) is 0 Å². The van der Waals surface area contributed by atoms with Gasteiger partial charge in [-0.25, -0.2) is 0 Å². The zero-order chi connectivity index (χ0) is 13.2. The molecule has 1 amide bonds. The molecular weight excluding hydrogens is 292 g/mol. The smallest absolute Gasteiger partial charge is 0.358 e. The zero-order valence-corrected chi connectivity index (χ0v) is 11.3. The summed E-state index contributed by atoms with van der Waals surface area (Å²) in [6.45, 7) is 5.51. The number of amides is 1. The van der Waals surface area contributed by atoms with Crippen molar-refractivity contribution >= 4 is 27.7 Å². The van der Waals surface area contributed by atoms with Gasteiger partial charge in [-0.2, -0.15) is 4.68 Å². The monoisotopic (exact) mass is 304 g/mol. The molecule has 0 aliphatic carbocycles. The number of nitrogens with zero attached hydrogens (tertiary/aromatic N) is 3. The van der Waals surface area contributed by atoms with Crippen LogP contribution in [-0.4, -0.2) is 26.1 Å². The van der Waals surface area contributed by atoms with E-state index in [4.69, 9.17) is 0 Å². The van der Waals surface area contributed by atoms with Gasteiger partial charge in [0.15, 0.2) is 0 Å². The maximum atomic E-state index is 11.6. The molecule has 8 heteroatoms. The van der Waals surface area contributed by atoms with Crippen LogP contribution in [0.4, 0.5) is 5.82 Å². The van der Waals surface area contributed by atoms with Crippen molar-refractivity contribution in [3.8, 4) is 0 Å². The highest BCUT2D eigenvalue weighted by molar-refractivity contribution is 9.10. The van der Waals surface area contributed by atoms with E-state index in [0.717, 1.165) is 0 Å². The molecule has 1 N–H and O–H groups in total. The minimum absolute atomic E-state index is 0.0519. The van der Waals surface area contributed by atoms with Gasteiger partial charge < -0.3 is 15.4 Å². The molecule has 1 heterocycles. The van der Waals surface area contributed by atoms with Gasteiger partial charge in [0.2, 0.25) is 5.91 Å². The van der Waals surface area contributed by atoms with E-state index in [0.29, 0.717) is 0 Å². The fraction of sp³-hybridized carbons (Fsp3) is 0.556. The molecule has 7 nitrogen and oxygen atoms in total. The normalized spacial score (nSPS) is 11.3. The number of nitrogens with one attached hydrogen (secondary N) is 1. The second-order valence-electron chi connectivity index (χ2n) is 4.55. The van der Waals surface area contributed by atoms with Crippen LogP contribution in [-0.2, 0) is 11.3 Å². The molecule has 0 radical (unpaired) electrons. The Morgan fingerprint density at radius 1 is 1.65 bits per heavy atom. The molecule has 0 bridgehead atoms. The molecule has 94 valence electrons. The molecule has 1 aromatic heterocycles. The van der Waals surface area contributed by atoms with Gasteiger partial charge in [-0.3, -0.25) is 4.79 Å². The van der Waals surface area contributed by atoms with Crippen LogP contribution in [0.25, 0.3) is 0 Å². The second kappa shape index (κ2) is 4.82. The SMILES string of the molecule is CC(C)(C)NC(=O)Cn1cc(Br)c([N+](=O)[O-])n1. The van der Waals surface area contributed by atoms with Crippen molar-refractivity contribution in [1.82, 2.24) is 15.1 Å². The van der Waals surface area contributed by atoms with Crippen molar-refractivity contribution in [1.29, 1.82) is 0 Å². The summed E-state index contributed by atoms with van der Waals surface area (Å²) in [6.07, 6.45) is 1.40. The van der Waals surface area contributed by atoms with Gasteiger partial charge in [0.05, 0.1) is 11.3 Å². The summed E-state index contributed by atoms with van der Waals surface area (Å²) < 4.78 is 1.48. The third-order valence-corrected chi connectivity index (χ3v) is 2.25. The van der Waals surface area contributed by atoms with Crippen LogP contribution >= 0.6 is 15.9 Å². The highest BCUT2D eigenvalue weighted by Gasteiger charge is 2.21. The standard InChI is InChI=1S/C9H13BrN4O3/c1-9(2,3)11-7(15)5-13-4-6(10)8(12-13)14(16)17/h4H,5H2,1-3H3,(H,11,15). The molecule has 0 saturated heterocycles. The molecule has 0 saturated carbocycles. The first kappa shape index (κ1) is 13.6. The molecule has 1 aromatic rings. The molecule has 0 fully saturated rings. The minimum Gasteiger partial charge on any atom is -0.358 e. The van der Waals surface area contributed by atoms with Crippen LogP contribution in [0.15, 0.2) is 10.7 Å². The molecule has 0 aliphatic heterocycles. The van der Waals surface area contributed by atoms with Gasteiger partial charge in [-0.05, 0) is 41.6 Å². The number of carbonyl (C=O) groups is 1. The van der Waals surface area contributed by atoms with Gasteiger partial charge >= 0.3 is 5.82 Å². The summed E-state index contributed by atoms with van der Waals surface area (Å²) in [4.78, 5) is 21.5. The van der Waals surface area contributed by atoms with Crippen LogP contribution in [0, 0.1) is 10.1 Å². The van der Waals surface area contributed by atoms with Crippen LogP contribution in [0.2, 0.25) is 0 Å². The molecular formula is C9H13BrN4O3. The maximum absolute atomic E-state index is 11.6. The Balaban J connectivity index is 2.73. The fourth-order valence-corrected chi connectivity index (χ4v) is 1.66. The van der Waals surface area contributed by atoms with Crippen molar-refractivity contribution in [3.05, 3.63) is 20.8 Å². The number of halogens is 1. The van der Waals surface area contributed by atoms with Gasteiger partial charge in [0.1, 0.15) is 11.0 Å². The van der Waals surface area contributed by atoms with E-state index < -0.39 is 4.92 Å². The lowest BCUT2D eigenvalue weighted by molar-refractivity contribution is -0.390. The Labute approximate surface area is 106 Å². The van der Waals surface area contributed by atoms with Crippen molar-refractivity contribution < 1.29 is 9.72 Å². The quantitative estimate of drug-likeness (QED) is 0.676. The number of rotatable bonds is 3. The summed E-state index contributed by atoms with van der Waals surface area (Å²) in [7, 11) is 0. The maximum Gasteiger partial charge on any atom is 0.404 e. The lowest BCUT2D eigenvalue weighted by Gasteiger charge is -2.19. The van der Waals surface area contributed by atoms with Crippen LogP contribution in [0.3, 0.4) is 0 Å². The Kier molecular flexibility index (Phi) is 3.87. The molecule has 0 atom stereocenters. The van der Waals surface area contributed by atoms with E-state index in [1.54, 1.807) is 0 Å². The summed E-state index contributed by atoms with van der Waals surface area (Å²) in [5.41, 5.74) is -0.340. The lowest BCUT2D eigenvalue weighted by atomic mass is 10.1. The van der Waals surface area contributed by atoms with Crippen molar-refractivity contribution in [3.63, 3.8) is 0 Å². The first-order valence-corrected chi connectivity index (χ1v) is 5.67. The third kappa shape index (κ3) is 4.14. The molecule has 1 rings (SSSR count). The average Bonchev–Trinajstić information content (AvgIpc) is 2.42. The topological polar surface area (TPSA) is 90.1 Å². The van der Waals surface area contributed by atoms with Gasteiger partial charge in [-0.1, -0.05) is 0 Å². The van der Waals surface area contributed by atoms with E-state index in [9.17, 15) is 14.9 Å². The molecule has 0 aromatic carbocycles. The number of aromatic nitrogens is 2. The summed E-state index contributed by atoms with van der Waals surface area (Å²) in [6, 6.07) is 0. The van der Waals surface area contributed by atoms with Crippen molar-refractivity contribution in [2.75, 3.05) is 0 Å². The van der Waals surface area contributed by atoms with E-state index in [1.807, 2.05) is 20.8 Å². The van der Waals surface area contributed by atoms with Gasteiger partial charge in [-0.15, -0.1) is 0 Å². The van der Waals surface area contributed by atoms with Crippen LogP contribution in [0.1, 0.15) is 20.8 Å². The second-order valence-corrected chi connectivity index (χ2v) is 5.41. The van der Waals surface area contributed by atoms with Gasteiger partial charge in [0, 0.05) is 5.54 Å². The zero-order valence-electron chi connectivity index (χ0n) is 9.73. The van der Waals surface area contributed by atoms with Crippen molar-refractivity contribution in [2.45, 2.75) is 32.9 Å². The third-order valence-electron chi connectivity index (χ3n) is 1.69. The number of nitro groups is 1. The molecule has 0 spiro atoms. The van der Waals surface area contributed by atoms with E-state index in [1.165, 1.54) is 10.9 Å². The average molecular weight is 305 g/mol. The Hall–Kier alpha value is -1.44. The first-order chi connectivity index (χ1) is 7.69. The Morgan fingerprint density at radius 2 is 2.24 bits per heavy atom. The predicted molar refractivity (Wildman–Crippen MR) is 64.5 cm³/mol. The Morgan fingerprint density at radius 3 is 2.65 bits per heavy atom. The van der Waals surface area contributed by atoms with Crippen molar-refractivity contribution in [2.24, 2.45) is 0 Å². The minimum atomic E-state index is -0.609. The lowest BCUT2D eigenvalue weighted by Crippen LogP contribution is -2.42. The summed E-state index contributed by atoms with van der Waals surface area (Å²) >= 11 is 3.01. The predicted octanol–water partition coefficient (Wildman–Crippen LogP) is 1.47. The summed E-state index contributed by atoms with van der Waals surface area (Å²) in [5, 5.41) is 17.0. The number of carbonyl (C=O) groups excluding carboxylic acids is 1. The Bertz CT molecular complexity index is 450. The summed E-state index contributed by atoms with van der Waals surface area (Å²) in [5.74, 6) is -0.545. The molecule has 0 unspecified atom stereocenters. The van der Waals surface area contributed by atoms with Gasteiger partial charge in [0.25, 0.3) is 0 Å². The highest BCUT2D eigenvalue weighted by atomic mass is 79.9. The first-order valence-electron chi connectivity index (χ1n) is 4.87. The van der Waals surface area contributed by atoms with Crippen LogP contribution < -0.4 is 5.32 Å². The number of hydrogen-bond donors (Lipinski definition) is 1. The largest absolute Gasteiger partial charge is 0.404 e. The highest BCUT2D eigenvalue weighted by Crippen LogP contribution is 2.21. The van der Waals surface area contributed by atoms with E-state index in [-0.39, 0.29) is 28.3 Å². The molecule has 0 aliphatic rings. The molecule has 17 heavy (non-hydrogen) atoms. The van der Waals surface area contributed by atoms with E-state index >= 15 is 0 Å². The van der Waals surface area contributed by atoms with E-state index in [2.05, 4.69) is 26.3 Å². The fourth-order valence-electron chi connectivity index (χ4n) is 1.20. The number of hydrogen-bond acceptors (Lipinski definition) is 4.